The normalized spacial score (nSPS) is 16.9. The summed E-state index contributed by atoms with van der Waals surface area (Å²) in [5.41, 5.74) is 6.29. The van der Waals surface area contributed by atoms with Crippen molar-refractivity contribution in [2.75, 3.05) is 0 Å². The van der Waals surface area contributed by atoms with Gasteiger partial charge in [-0.1, -0.05) is 95.6 Å². The molecule has 1 heterocycles. The Bertz CT molecular complexity index is 920. The second-order valence-corrected chi connectivity index (χ2v) is 7.83. The third kappa shape index (κ3) is 5.55. The fraction of sp³-hybridized carbons (Fsp3) is 0.269. The van der Waals surface area contributed by atoms with Crippen molar-refractivity contribution in [3.8, 4) is 0 Å². The van der Waals surface area contributed by atoms with Crippen molar-refractivity contribution in [1.29, 1.82) is 0 Å². The van der Waals surface area contributed by atoms with E-state index in [9.17, 15) is 0 Å². The van der Waals surface area contributed by atoms with Gasteiger partial charge in [0.2, 0.25) is 0 Å². The van der Waals surface area contributed by atoms with Crippen molar-refractivity contribution in [3.05, 3.63) is 107 Å². The van der Waals surface area contributed by atoms with Crippen molar-refractivity contribution in [3.63, 3.8) is 0 Å². The van der Waals surface area contributed by atoms with Crippen molar-refractivity contribution in [2.45, 2.75) is 44.9 Å². The Morgan fingerprint density at radius 3 is 2.21 bits per heavy atom. The Morgan fingerprint density at radius 1 is 0.862 bits per heavy atom. The minimum absolute atomic E-state index is 0.0550. The molecule has 3 aromatic rings. The lowest BCUT2D eigenvalue weighted by molar-refractivity contribution is 0.0546. The molecule has 29 heavy (non-hydrogen) atoms. The van der Waals surface area contributed by atoms with Gasteiger partial charge in [0, 0.05) is 19.4 Å². The van der Waals surface area contributed by atoms with E-state index in [2.05, 4.69) is 96.3 Å². The van der Waals surface area contributed by atoms with Crippen LogP contribution >= 0.6 is 0 Å². The van der Waals surface area contributed by atoms with Gasteiger partial charge in [-0.3, -0.25) is 0 Å². The first-order chi connectivity index (χ1) is 14.3. The van der Waals surface area contributed by atoms with E-state index in [-0.39, 0.29) is 12.1 Å². The van der Waals surface area contributed by atoms with E-state index in [4.69, 9.17) is 4.84 Å². The topological polar surface area (TPSA) is 33.6 Å². The van der Waals surface area contributed by atoms with Crippen LogP contribution in [-0.2, 0) is 24.2 Å². The van der Waals surface area contributed by atoms with Crippen LogP contribution in [0.1, 0.15) is 28.7 Å². The molecule has 3 heteroatoms. The molecular formula is C26H28N2O. The maximum atomic E-state index is 5.91. The molecule has 2 unspecified atom stereocenters. The monoisotopic (exact) mass is 384 g/mol. The molecule has 4 rings (SSSR count). The predicted octanol–water partition coefficient (Wildman–Crippen LogP) is 5.08. The number of rotatable bonds is 8. The molecule has 0 saturated heterocycles. The Kier molecular flexibility index (Phi) is 6.38. The zero-order valence-corrected chi connectivity index (χ0v) is 16.9. The number of hydrogen-bond donors (Lipinski definition) is 1. The summed E-state index contributed by atoms with van der Waals surface area (Å²) in [6.07, 6.45) is 2.70. The molecule has 1 N–H and O–H groups in total. The van der Waals surface area contributed by atoms with Crippen LogP contribution in [0.3, 0.4) is 0 Å². The van der Waals surface area contributed by atoms with Crippen molar-refractivity contribution >= 4 is 5.71 Å². The summed E-state index contributed by atoms with van der Waals surface area (Å²) in [6.45, 7) is 2.94. The Balaban J connectivity index is 1.41. The Labute approximate surface area is 173 Å². The quantitative estimate of drug-likeness (QED) is 0.587. The Hall–Kier alpha value is -2.91. The molecule has 2 atom stereocenters. The molecule has 0 aromatic heterocycles. The van der Waals surface area contributed by atoms with Crippen LogP contribution in [0.25, 0.3) is 0 Å². The SMILES string of the molecule is Cc1ccc(CNC(Cc2ccccc2)C2CC(Cc3ccccc3)=NO2)cc1. The van der Waals surface area contributed by atoms with Gasteiger partial charge in [0.05, 0.1) is 11.8 Å². The Morgan fingerprint density at radius 2 is 1.52 bits per heavy atom. The molecule has 0 saturated carbocycles. The predicted molar refractivity (Wildman–Crippen MR) is 119 cm³/mol. The maximum Gasteiger partial charge on any atom is 0.148 e. The number of hydrogen-bond acceptors (Lipinski definition) is 3. The molecule has 3 aromatic carbocycles. The average Bonchev–Trinajstić information content (AvgIpc) is 3.22. The van der Waals surface area contributed by atoms with Crippen molar-refractivity contribution in [2.24, 2.45) is 5.16 Å². The average molecular weight is 385 g/mol. The van der Waals surface area contributed by atoms with E-state index in [1.807, 2.05) is 6.07 Å². The second-order valence-electron chi connectivity index (χ2n) is 7.83. The first-order valence-electron chi connectivity index (χ1n) is 10.3. The van der Waals surface area contributed by atoms with E-state index in [1.54, 1.807) is 0 Å². The van der Waals surface area contributed by atoms with Crippen LogP contribution in [0.2, 0.25) is 0 Å². The highest BCUT2D eigenvalue weighted by Gasteiger charge is 2.29. The maximum absolute atomic E-state index is 5.91. The number of oxime groups is 1. The third-order valence-corrected chi connectivity index (χ3v) is 5.44. The number of aryl methyl sites for hydroxylation is 1. The zero-order chi connectivity index (χ0) is 19.9. The van der Waals surface area contributed by atoms with Crippen LogP contribution in [-0.4, -0.2) is 17.9 Å². The largest absolute Gasteiger partial charge is 0.390 e. The summed E-state index contributed by atoms with van der Waals surface area (Å²) >= 11 is 0. The summed E-state index contributed by atoms with van der Waals surface area (Å²) in [5, 5.41) is 8.15. The second kappa shape index (κ2) is 9.53. The van der Waals surface area contributed by atoms with Gasteiger partial charge in [0.15, 0.2) is 0 Å². The van der Waals surface area contributed by atoms with Crippen molar-refractivity contribution in [1.82, 2.24) is 5.32 Å². The van der Waals surface area contributed by atoms with Crippen LogP contribution in [0, 0.1) is 6.92 Å². The lowest BCUT2D eigenvalue weighted by Gasteiger charge is -2.23. The van der Waals surface area contributed by atoms with Gasteiger partial charge in [-0.2, -0.15) is 0 Å². The molecule has 3 nitrogen and oxygen atoms in total. The summed E-state index contributed by atoms with van der Waals surface area (Å²) in [4.78, 5) is 5.91. The van der Waals surface area contributed by atoms with Gasteiger partial charge in [-0.25, -0.2) is 0 Å². The number of nitrogens with zero attached hydrogens (tertiary/aromatic N) is 1. The fourth-order valence-electron chi connectivity index (χ4n) is 3.76. The molecule has 0 aliphatic carbocycles. The molecule has 0 bridgehead atoms. The van der Waals surface area contributed by atoms with Crippen molar-refractivity contribution < 1.29 is 4.84 Å². The highest BCUT2D eigenvalue weighted by atomic mass is 16.6. The van der Waals surface area contributed by atoms with E-state index < -0.39 is 0 Å². The smallest absolute Gasteiger partial charge is 0.148 e. The lowest BCUT2D eigenvalue weighted by atomic mass is 9.96. The van der Waals surface area contributed by atoms with Gasteiger partial charge in [-0.05, 0) is 30.0 Å². The molecule has 0 amide bonds. The van der Waals surface area contributed by atoms with Crippen LogP contribution in [0.5, 0.6) is 0 Å². The third-order valence-electron chi connectivity index (χ3n) is 5.44. The van der Waals surface area contributed by atoms with E-state index in [1.165, 1.54) is 22.3 Å². The van der Waals surface area contributed by atoms with Gasteiger partial charge in [0.1, 0.15) is 6.10 Å². The summed E-state index contributed by atoms with van der Waals surface area (Å²) in [7, 11) is 0. The molecule has 148 valence electrons. The minimum atomic E-state index is 0.0550. The van der Waals surface area contributed by atoms with Gasteiger partial charge < -0.3 is 10.2 Å². The summed E-state index contributed by atoms with van der Waals surface area (Å²) in [6, 6.07) is 30.0. The minimum Gasteiger partial charge on any atom is -0.390 e. The van der Waals surface area contributed by atoms with E-state index in [0.29, 0.717) is 0 Å². The molecule has 1 aliphatic rings. The fourth-order valence-corrected chi connectivity index (χ4v) is 3.76. The first kappa shape index (κ1) is 19.4. The van der Waals surface area contributed by atoms with Crippen LogP contribution < -0.4 is 5.32 Å². The lowest BCUT2D eigenvalue weighted by Crippen LogP contribution is -2.41. The van der Waals surface area contributed by atoms with E-state index in [0.717, 1.165) is 31.5 Å². The number of nitrogens with one attached hydrogen (secondary N) is 1. The standard InChI is InChI=1S/C26H28N2O/c1-20-12-14-23(15-13-20)19-27-25(17-22-10-6-3-7-11-22)26-18-24(28-29-26)16-21-8-4-2-5-9-21/h2-15,25-27H,16-19H2,1H3. The van der Waals surface area contributed by atoms with Crippen LogP contribution in [0.15, 0.2) is 90.1 Å². The van der Waals surface area contributed by atoms with E-state index >= 15 is 0 Å². The summed E-state index contributed by atoms with van der Waals surface area (Å²) in [5.74, 6) is 0. The molecule has 0 radical (unpaired) electrons. The first-order valence-corrected chi connectivity index (χ1v) is 10.3. The van der Waals surface area contributed by atoms with Gasteiger partial charge >= 0.3 is 0 Å². The molecular weight excluding hydrogens is 356 g/mol. The highest BCUT2D eigenvalue weighted by molar-refractivity contribution is 5.87. The molecule has 0 fully saturated rings. The zero-order valence-electron chi connectivity index (χ0n) is 16.9. The molecule has 0 spiro atoms. The van der Waals surface area contributed by atoms with Gasteiger partial charge in [0.25, 0.3) is 0 Å². The molecule has 1 aliphatic heterocycles. The van der Waals surface area contributed by atoms with Crippen LogP contribution in [0.4, 0.5) is 0 Å². The highest BCUT2D eigenvalue weighted by Crippen LogP contribution is 2.20. The summed E-state index contributed by atoms with van der Waals surface area (Å²) < 4.78 is 0. The number of benzene rings is 3. The van der Waals surface area contributed by atoms with Gasteiger partial charge in [-0.15, -0.1) is 0 Å².